The van der Waals surface area contributed by atoms with Gasteiger partial charge in [0.05, 0.1) is 35.7 Å². The highest BCUT2D eigenvalue weighted by atomic mass is 32.2. The summed E-state index contributed by atoms with van der Waals surface area (Å²) in [6.45, 7) is 1.58. The first kappa shape index (κ1) is 26.6. The lowest BCUT2D eigenvalue weighted by Crippen LogP contribution is -3.13. The molecule has 1 aliphatic rings. The molecule has 0 radical (unpaired) electrons. The molecule has 0 saturated carbocycles. The Hall–Kier alpha value is -4.03. The van der Waals surface area contributed by atoms with Crippen molar-refractivity contribution < 1.29 is 41.2 Å². The Bertz CT molecular complexity index is 1420. The molecule has 36 heavy (non-hydrogen) atoms. The summed E-state index contributed by atoms with van der Waals surface area (Å²) in [4.78, 5) is 31.4. The zero-order valence-corrected chi connectivity index (χ0v) is 19.3. The topological polar surface area (TPSA) is 162 Å². The van der Waals surface area contributed by atoms with Crippen LogP contribution < -0.4 is 15.3 Å². The monoisotopic (exact) mass is 524 g/mol. The number of carboxylic acid groups (broad SMARTS) is 1. The summed E-state index contributed by atoms with van der Waals surface area (Å²) in [5.74, 6) is -2.78. The number of pyridine rings is 2. The number of hydrogen-bond donors (Lipinski definition) is 2. The number of imidazole rings is 1. The van der Waals surface area contributed by atoms with Crippen molar-refractivity contribution in [1.29, 1.82) is 5.26 Å². The lowest BCUT2D eigenvalue weighted by atomic mass is 10.3. The quantitative estimate of drug-likeness (QED) is 0.438. The third-order valence-electron chi connectivity index (χ3n) is 5.17. The first-order valence-electron chi connectivity index (χ1n) is 10.4. The number of anilines is 1. The van der Waals surface area contributed by atoms with Gasteiger partial charge in [-0.25, -0.2) is 18.4 Å². The van der Waals surface area contributed by atoms with Crippen LogP contribution in [0.5, 0.6) is 0 Å². The standard InChI is InChI=1S/C19H18N6O3S.C2HF3O2/c20-12-14-4-3-6-21-17(14)23-19(26)18-22-15(16-5-1-2-7-25(16)18)13-24-8-10-29(27,28)11-9-24;3-2(4,5)1(6)7/h1-7H,8-11,13H2,(H,21,23,26);(H,6,7). The maximum absolute atomic E-state index is 12.9. The van der Waals surface area contributed by atoms with Gasteiger partial charge in [0.1, 0.15) is 24.3 Å². The van der Waals surface area contributed by atoms with E-state index in [2.05, 4.69) is 15.3 Å². The van der Waals surface area contributed by atoms with Gasteiger partial charge in [0.15, 0.2) is 15.7 Å². The molecule has 1 amide bonds. The van der Waals surface area contributed by atoms with Crippen molar-refractivity contribution >= 4 is 33.0 Å². The average molecular weight is 524 g/mol. The number of fused-ring (bicyclic) bond motifs is 1. The average Bonchev–Trinajstić information content (AvgIpc) is 3.19. The number of rotatable bonds is 4. The molecule has 4 heterocycles. The molecule has 4 rings (SSSR count). The number of aliphatic carboxylic acids is 1. The van der Waals surface area contributed by atoms with Crippen molar-refractivity contribution in [3.63, 3.8) is 0 Å². The molecule has 1 saturated heterocycles. The maximum Gasteiger partial charge on any atom is 0.430 e. The minimum atomic E-state index is -5.19. The molecule has 190 valence electrons. The van der Waals surface area contributed by atoms with Gasteiger partial charge in [-0.2, -0.15) is 18.4 Å². The van der Waals surface area contributed by atoms with E-state index in [0.29, 0.717) is 19.6 Å². The summed E-state index contributed by atoms with van der Waals surface area (Å²) >= 11 is 0. The van der Waals surface area contributed by atoms with Crippen LogP contribution in [0.4, 0.5) is 19.0 Å². The van der Waals surface area contributed by atoms with Gasteiger partial charge < -0.3 is 20.1 Å². The first-order chi connectivity index (χ1) is 16.9. The lowest BCUT2D eigenvalue weighted by Gasteiger charge is -2.22. The van der Waals surface area contributed by atoms with Crippen LogP contribution in [0, 0.1) is 11.3 Å². The molecule has 0 spiro atoms. The highest BCUT2D eigenvalue weighted by Gasteiger charge is 2.29. The Morgan fingerprint density at radius 3 is 2.47 bits per heavy atom. The van der Waals surface area contributed by atoms with Crippen molar-refractivity contribution in [3.05, 3.63) is 59.8 Å². The Kier molecular flexibility index (Phi) is 7.90. The summed E-state index contributed by atoms with van der Waals surface area (Å²) < 4.78 is 56.6. The molecular weight excluding hydrogens is 505 g/mol. The number of quaternary nitrogens is 1. The predicted octanol–water partition coefficient (Wildman–Crippen LogP) is -1.03. The molecule has 1 aliphatic heterocycles. The highest BCUT2D eigenvalue weighted by molar-refractivity contribution is 7.91. The van der Waals surface area contributed by atoms with E-state index < -0.39 is 27.9 Å². The number of halogens is 3. The fourth-order valence-corrected chi connectivity index (χ4v) is 4.79. The highest BCUT2D eigenvalue weighted by Crippen LogP contribution is 2.16. The van der Waals surface area contributed by atoms with Gasteiger partial charge >= 0.3 is 6.18 Å². The van der Waals surface area contributed by atoms with Crippen LogP contribution in [-0.4, -0.2) is 65.4 Å². The zero-order valence-electron chi connectivity index (χ0n) is 18.4. The Morgan fingerprint density at radius 1 is 1.19 bits per heavy atom. The molecule has 1 fully saturated rings. The van der Waals surface area contributed by atoms with Crippen molar-refractivity contribution in [2.75, 3.05) is 29.9 Å². The number of nitriles is 1. The molecule has 0 unspecified atom stereocenters. The number of carbonyl (C=O) groups is 2. The maximum atomic E-state index is 12.9. The summed E-state index contributed by atoms with van der Waals surface area (Å²) in [5.41, 5.74) is 1.78. The fraction of sp³-hybridized carbons (Fsp3) is 0.286. The van der Waals surface area contributed by atoms with E-state index in [-0.39, 0.29) is 28.7 Å². The molecule has 0 aliphatic carbocycles. The Labute approximate surface area is 202 Å². The molecule has 3 aromatic rings. The number of nitrogens with zero attached hydrogens (tertiary/aromatic N) is 4. The van der Waals surface area contributed by atoms with Gasteiger partial charge in [-0.05, 0) is 24.3 Å². The number of sulfone groups is 1. The van der Waals surface area contributed by atoms with Crippen LogP contribution in [0.15, 0.2) is 42.7 Å². The minimum Gasteiger partial charge on any atom is -0.542 e. The Morgan fingerprint density at radius 2 is 1.86 bits per heavy atom. The third-order valence-corrected chi connectivity index (χ3v) is 6.82. The second kappa shape index (κ2) is 10.7. The second-order valence-corrected chi connectivity index (χ2v) is 9.97. The van der Waals surface area contributed by atoms with Gasteiger partial charge in [-0.1, -0.05) is 6.07 Å². The van der Waals surface area contributed by atoms with Gasteiger partial charge in [0.25, 0.3) is 5.91 Å². The van der Waals surface area contributed by atoms with Crippen LogP contribution in [0.1, 0.15) is 21.9 Å². The number of amides is 1. The van der Waals surface area contributed by atoms with E-state index in [9.17, 15) is 31.6 Å². The number of carboxylic acids is 1. The van der Waals surface area contributed by atoms with Gasteiger partial charge in [0.2, 0.25) is 5.82 Å². The summed E-state index contributed by atoms with van der Waals surface area (Å²) in [5, 5.41) is 20.6. The molecule has 3 aromatic heterocycles. The van der Waals surface area contributed by atoms with Crippen LogP contribution >= 0.6 is 0 Å². The number of aromatic nitrogens is 3. The van der Waals surface area contributed by atoms with E-state index in [4.69, 9.17) is 9.90 Å². The largest absolute Gasteiger partial charge is 0.542 e. The molecule has 11 nitrogen and oxygen atoms in total. The van der Waals surface area contributed by atoms with E-state index in [1.54, 1.807) is 28.8 Å². The predicted molar refractivity (Wildman–Crippen MR) is 116 cm³/mol. The number of hydrogen-bond acceptors (Lipinski definition) is 8. The van der Waals surface area contributed by atoms with E-state index in [1.165, 1.54) is 6.20 Å². The fourth-order valence-electron chi connectivity index (χ4n) is 3.39. The summed E-state index contributed by atoms with van der Waals surface area (Å²) in [6, 6.07) is 10.7. The molecule has 2 N–H and O–H groups in total. The van der Waals surface area contributed by atoms with Gasteiger partial charge in [-0.3, -0.25) is 9.20 Å². The number of nitrogens with one attached hydrogen (secondary N) is 2. The zero-order chi connectivity index (χ0) is 26.5. The van der Waals surface area contributed by atoms with Crippen molar-refractivity contribution in [3.8, 4) is 6.07 Å². The summed E-state index contributed by atoms with van der Waals surface area (Å²) in [6.07, 6.45) is -1.94. The molecule has 0 atom stereocenters. The van der Waals surface area contributed by atoms with Crippen molar-refractivity contribution in [2.45, 2.75) is 12.7 Å². The van der Waals surface area contributed by atoms with Crippen LogP contribution in [0.3, 0.4) is 0 Å². The van der Waals surface area contributed by atoms with Crippen LogP contribution in [0.2, 0.25) is 0 Å². The van der Waals surface area contributed by atoms with Gasteiger partial charge in [0, 0.05) is 12.4 Å². The first-order valence-corrected chi connectivity index (χ1v) is 12.2. The smallest absolute Gasteiger partial charge is 0.430 e. The third kappa shape index (κ3) is 6.55. The van der Waals surface area contributed by atoms with E-state index >= 15 is 0 Å². The molecule has 0 aromatic carbocycles. The Balaban J connectivity index is 0.000000454. The van der Waals surface area contributed by atoms with Crippen LogP contribution in [-0.2, 0) is 21.2 Å². The normalized spacial score (nSPS) is 15.4. The van der Waals surface area contributed by atoms with E-state index in [1.807, 2.05) is 18.2 Å². The summed E-state index contributed by atoms with van der Waals surface area (Å²) in [7, 11) is -2.94. The van der Waals surface area contributed by atoms with E-state index in [0.717, 1.165) is 16.1 Å². The van der Waals surface area contributed by atoms with Crippen molar-refractivity contribution in [1.82, 2.24) is 14.4 Å². The van der Waals surface area contributed by atoms with Crippen LogP contribution in [0.25, 0.3) is 5.52 Å². The SMILES string of the molecule is N#Cc1cccnc1NC(=O)c1nc(C[NH+]2CCS(=O)(=O)CC2)c2ccccn12.O=C([O-])C(F)(F)F. The minimum absolute atomic E-state index is 0.165. The molecule has 0 bridgehead atoms. The van der Waals surface area contributed by atoms with Crippen molar-refractivity contribution in [2.24, 2.45) is 0 Å². The number of carbonyl (C=O) groups excluding carboxylic acids is 2. The molecule has 15 heteroatoms. The lowest BCUT2D eigenvalue weighted by molar-refractivity contribution is -0.910. The second-order valence-electron chi connectivity index (χ2n) is 7.67. The molecular formula is C21H19F3N6O5S. The van der Waals surface area contributed by atoms with Gasteiger partial charge in [-0.15, -0.1) is 0 Å². The number of alkyl halides is 3.